The molecular weight excluding hydrogens is 356 g/mol. The third kappa shape index (κ3) is 6.95. The van der Waals surface area contributed by atoms with Crippen molar-refractivity contribution in [2.24, 2.45) is 4.99 Å². The van der Waals surface area contributed by atoms with E-state index >= 15 is 0 Å². The van der Waals surface area contributed by atoms with Gasteiger partial charge in [0.1, 0.15) is 4.21 Å². The number of guanidine groups is 1. The second-order valence-electron chi connectivity index (χ2n) is 5.60. The van der Waals surface area contributed by atoms with Gasteiger partial charge in [0, 0.05) is 37.6 Å². The van der Waals surface area contributed by atoms with Crippen LogP contribution in [0.5, 0.6) is 0 Å². The van der Waals surface area contributed by atoms with Gasteiger partial charge in [-0.2, -0.15) is 4.31 Å². The highest BCUT2D eigenvalue weighted by Crippen LogP contribution is 2.25. The van der Waals surface area contributed by atoms with Crippen LogP contribution >= 0.6 is 11.3 Å². The summed E-state index contributed by atoms with van der Waals surface area (Å²) in [6.07, 6.45) is 2.98. The second kappa shape index (κ2) is 11.5. The highest BCUT2D eigenvalue weighted by molar-refractivity contribution is 7.91. The van der Waals surface area contributed by atoms with E-state index in [0.717, 1.165) is 49.7 Å². The molecule has 144 valence electrons. The predicted octanol–water partition coefficient (Wildman–Crippen LogP) is 2.68. The van der Waals surface area contributed by atoms with E-state index in [2.05, 4.69) is 22.5 Å². The zero-order valence-electron chi connectivity index (χ0n) is 15.8. The van der Waals surface area contributed by atoms with E-state index in [4.69, 9.17) is 0 Å². The predicted molar refractivity (Wildman–Crippen MR) is 107 cm³/mol. The lowest BCUT2D eigenvalue weighted by Crippen LogP contribution is -2.38. The number of unbranched alkanes of at least 4 members (excludes halogenated alkanes) is 1. The summed E-state index contributed by atoms with van der Waals surface area (Å²) in [5, 5.41) is 6.53. The zero-order valence-corrected chi connectivity index (χ0v) is 17.5. The Morgan fingerprint density at radius 2 is 1.88 bits per heavy atom. The molecule has 25 heavy (non-hydrogen) atoms. The molecule has 8 heteroatoms. The summed E-state index contributed by atoms with van der Waals surface area (Å²) >= 11 is 1.36. The molecule has 0 saturated carbocycles. The van der Waals surface area contributed by atoms with Gasteiger partial charge >= 0.3 is 0 Å². The fraction of sp³-hybridized carbons (Fsp3) is 0.706. The second-order valence-corrected chi connectivity index (χ2v) is 8.93. The molecule has 6 nitrogen and oxygen atoms in total. The molecule has 0 spiro atoms. The van der Waals surface area contributed by atoms with Crippen LogP contribution in [0.15, 0.2) is 21.3 Å². The smallest absolute Gasteiger partial charge is 0.252 e. The van der Waals surface area contributed by atoms with Crippen LogP contribution in [-0.2, 0) is 16.4 Å². The average Bonchev–Trinajstić information content (AvgIpc) is 3.06. The van der Waals surface area contributed by atoms with Crippen molar-refractivity contribution in [3.8, 4) is 0 Å². The summed E-state index contributed by atoms with van der Waals surface area (Å²) in [6, 6.07) is 3.62. The van der Waals surface area contributed by atoms with Gasteiger partial charge in [-0.1, -0.05) is 27.2 Å². The fourth-order valence-corrected chi connectivity index (χ4v) is 5.28. The molecule has 1 aromatic rings. The Morgan fingerprint density at radius 1 is 1.16 bits per heavy atom. The first-order valence-electron chi connectivity index (χ1n) is 9.10. The molecule has 0 aliphatic rings. The van der Waals surface area contributed by atoms with Crippen molar-refractivity contribution in [1.82, 2.24) is 14.9 Å². The molecule has 0 aliphatic heterocycles. The van der Waals surface area contributed by atoms with E-state index in [1.807, 2.05) is 26.8 Å². The number of rotatable bonds is 11. The summed E-state index contributed by atoms with van der Waals surface area (Å²) in [5.41, 5.74) is 0. The molecule has 0 aliphatic carbocycles. The summed E-state index contributed by atoms with van der Waals surface area (Å²) in [4.78, 5) is 5.58. The SMILES string of the molecule is CCCCN=C(NCC)NCCc1ccc(S(=O)(=O)N(CC)CC)s1. The molecule has 0 aromatic carbocycles. The van der Waals surface area contributed by atoms with Gasteiger partial charge in [0.15, 0.2) is 5.96 Å². The Bertz CT molecular complexity index is 622. The number of nitrogens with one attached hydrogen (secondary N) is 2. The van der Waals surface area contributed by atoms with Gasteiger partial charge in [0.25, 0.3) is 10.0 Å². The highest BCUT2D eigenvalue weighted by Gasteiger charge is 2.23. The number of sulfonamides is 1. The Kier molecular flexibility index (Phi) is 10.1. The van der Waals surface area contributed by atoms with E-state index in [9.17, 15) is 8.42 Å². The molecule has 0 saturated heterocycles. The molecule has 0 unspecified atom stereocenters. The molecule has 0 radical (unpaired) electrons. The van der Waals surface area contributed by atoms with Gasteiger partial charge in [-0.3, -0.25) is 4.99 Å². The summed E-state index contributed by atoms with van der Waals surface area (Å²) in [5.74, 6) is 0.823. The molecule has 1 rings (SSSR count). The lowest BCUT2D eigenvalue weighted by molar-refractivity contribution is 0.447. The van der Waals surface area contributed by atoms with Crippen LogP contribution in [0.25, 0.3) is 0 Å². The topological polar surface area (TPSA) is 73.8 Å². The lowest BCUT2D eigenvalue weighted by atomic mass is 10.3. The highest BCUT2D eigenvalue weighted by atomic mass is 32.2. The van der Waals surface area contributed by atoms with Crippen molar-refractivity contribution >= 4 is 27.3 Å². The van der Waals surface area contributed by atoms with Gasteiger partial charge < -0.3 is 10.6 Å². The van der Waals surface area contributed by atoms with Crippen LogP contribution in [0.2, 0.25) is 0 Å². The fourth-order valence-electron chi connectivity index (χ4n) is 2.32. The van der Waals surface area contributed by atoms with E-state index in [-0.39, 0.29) is 0 Å². The molecule has 1 aromatic heterocycles. The minimum Gasteiger partial charge on any atom is -0.357 e. The maximum atomic E-state index is 12.5. The van der Waals surface area contributed by atoms with Gasteiger partial charge in [-0.15, -0.1) is 11.3 Å². The van der Waals surface area contributed by atoms with Crippen LogP contribution < -0.4 is 10.6 Å². The Balaban J connectivity index is 2.62. The first kappa shape index (κ1) is 21.9. The van der Waals surface area contributed by atoms with Crippen molar-refractivity contribution in [1.29, 1.82) is 0 Å². The minimum atomic E-state index is -3.35. The summed E-state index contributed by atoms with van der Waals surface area (Å²) < 4.78 is 26.9. The zero-order chi connectivity index (χ0) is 18.7. The first-order chi connectivity index (χ1) is 12.0. The molecule has 0 atom stereocenters. The monoisotopic (exact) mass is 388 g/mol. The normalized spacial score (nSPS) is 12.6. The maximum Gasteiger partial charge on any atom is 0.252 e. The van der Waals surface area contributed by atoms with Crippen molar-refractivity contribution in [2.75, 3.05) is 32.7 Å². The third-order valence-electron chi connectivity index (χ3n) is 3.73. The maximum absolute atomic E-state index is 12.5. The van der Waals surface area contributed by atoms with Crippen molar-refractivity contribution in [3.63, 3.8) is 0 Å². The Morgan fingerprint density at radius 3 is 2.48 bits per heavy atom. The van der Waals surface area contributed by atoms with Crippen LogP contribution in [0.1, 0.15) is 45.4 Å². The van der Waals surface area contributed by atoms with Gasteiger partial charge in [-0.05, 0) is 31.9 Å². The number of hydrogen-bond donors (Lipinski definition) is 2. The van der Waals surface area contributed by atoms with Gasteiger partial charge in [0.2, 0.25) is 0 Å². The Hall–Kier alpha value is -1.12. The molecule has 0 amide bonds. The number of hydrogen-bond acceptors (Lipinski definition) is 4. The summed E-state index contributed by atoms with van der Waals surface area (Å²) in [7, 11) is -3.35. The molecular formula is C17H32N4O2S2. The van der Waals surface area contributed by atoms with Gasteiger partial charge in [0.05, 0.1) is 0 Å². The van der Waals surface area contributed by atoms with Crippen molar-refractivity contribution in [2.45, 2.75) is 51.2 Å². The lowest BCUT2D eigenvalue weighted by Gasteiger charge is -2.16. The van der Waals surface area contributed by atoms with E-state index in [0.29, 0.717) is 17.3 Å². The quantitative estimate of drug-likeness (QED) is 0.347. The van der Waals surface area contributed by atoms with Gasteiger partial charge in [-0.25, -0.2) is 8.42 Å². The van der Waals surface area contributed by atoms with Crippen molar-refractivity contribution < 1.29 is 8.42 Å². The largest absolute Gasteiger partial charge is 0.357 e. The number of nitrogens with zero attached hydrogens (tertiary/aromatic N) is 2. The minimum absolute atomic E-state index is 0.426. The van der Waals surface area contributed by atoms with E-state index in [1.165, 1.54) is 15.6 Å². The molecule has 0 fully saturated rings. The van der Waals surface area contributed by atoms with Crippen LogP contribution in [0.4, 0.5) is 0 Å². The van der Waals surface area contributed by atoms with Crippen LogP contribution in [-0.4, -0.2) is 51.4 Å². The van der Waals surface area contributed by atoms with Crippen molar-refractivity contribution in [3.05, 3.63) is 17.0 Å². The Labute approximate surface area is 156 Å². The molecule has 0 bridgehead atoms. The average molecular weight is 389 g/mol. The number of aliphatic imine (C=N–C) groups is 1. The van der Waals surface area contributed by atoms with Crippen LogP contribution in [0, 0.1) is 0 Å². The molecule has 2 N–H and O–H groups in total. The summed E-state index contributed by atoms with van der Waals surface area (Å²) in [6.45, 7) is 11.3. The van der Waals surface area contributed by atoms with Crippen LogP contribution in [0.3, 0.4) is 0 Å². The number of thiophene rings is 1. The molecule has 1 heterocycles. The third-order valence-corrected chi connectivity index (χ3v) is 7.39. The first-order valence-corrected chi connectivity index (χ1v) is 11.4. The van der Waals surface area contributed by atoms with E-state index < -0.39 is 10.0 Å². The van der Waals surface area contributed by atoms with E-state index in [1.54, 1.807) is 6.07 Å². The standard InChI is InChI=1S/C17H32N4O2S2/c1-5-9-13-19-17(18-6-2)20-14-12-15-10-11-16(24-15)25(22,23)21(7-3)8-4/h10-11H,5-9,12-14H2,1-4H3,(H2,18,19,20).